The smallest absolute Gasteiger partial charge is 0.410 e. The van der Waals surface area contributed by atoms with Gasteiger partial charge in [-0.1, -0.05) is 111 Å². The number of hydrogen-bond donors (Lipinski definition) is 0. The number of carbonyl (C=O) groups excluding carboxylic acids is 1. The maximum Gasteiger partial charge on any atom is 0.410 e. The quantitative estimate of drug-likeness (QED) is 0.0959. The molecule has 0 aromatic carbocycles. The van der Waals surface area contributed by atoms with Crippen LogP contribution in [0.2, 0.25) is 0 Å². The summed E-state index contributed by atoms with van der Waals surface area (Å²) in [7, 11) is 0. The van der Waals surface area contributed by atoms with E-state index in [1.807, 2.05) is 56.2 Å². The Hall–Kier alpha value is -3.33. The number of rotatable bonds is 15. The molecule has 1 saturated heterocycles. The molecule has 0 aromatic heterocycles. The van der Waals surface area contributed by atoms with Crippen molar-refractivity contribution in [1.29, 1.82) is 5.26 Å². The van der Waals surface area contributed by atoms with Crippen molar-refractivity contribution in [2.75, 3.05) is 26.2 Å². The number of nitrogens with zero attached hydrogens (tertiary/aromatic N) is 4. The van der Waals surface area contributed by atoms with E-state index in [0.717, 1.165) is 56.5 Å². The molecule has 1 unspecified atom stereocenters. The maximum absolute atomic E-state index is 12.4. The number of piperazine rings is 1. The number of allylic oxidation sites excluding steroid dienone is 11. The first-order valence-electron chi connectivity index (χ1n) is 20.2. The van der Waals surface area contributed by atoms with Gasteiger partial charge in [0.1, 0.15) is 5.60 Å². The van der Waals surface area contributed by atoms with Crippen molar-refractivity contribution < 1.29 is 9.53 Å². The van der Waals surface area contributed by atoms with Gasteiger partial charge in [-0.15, -0.1) is 0 Å². The second-order valence-electron chi connectivity index (χ2n) is 15.6. The molecule has 0 bridgehead atoms. The first-order valence-corrected chi connectivity index (χ1v) is 20.2. The summed E-state index contributed by atoms with van der Waals surface area (Å²) in [6.45, 7) is 37.1. The van der Waals surface area contributed by atoms with E-state index in [2.05, 4.69) is 113 Å². The highest BCUT2D eigenvalue weighted by molar-refractivity contribution is 6.03. The van der Waals surface area contributed by atoms with Gasteiger partial charge in [-0.3, -0.25) is 4.99 Å². The minimum Gasteiger partial charge on any atom is -0.444 e. The molecule has 52 heavy (non-hydrogen) atoms. The highest BCUT2D eigenvalue weighted by Crippen LogP contribution is 2.29. The molecule has 1 amide bonds. The van der Waals surface area contributed by atoms with E-state index < -0.39 is 5.60 Å². The summed E-state index contributed by atoms with van der Waals surface area (Å²) in [5.41, 5.74) is 6.99. The third-order valence-corrected chi connectivity index (χ3v) is 9.19. The molecule has 1 rings (SSSR count). The van der Waals surface area contributed by atoms with E-state index in [1.165, 1.54) is 41.7 Å². The van der Waals surface area contributed by atoms with Crippen LogP contribution in [0.25, 0.3) is 0 Å². The van der Waals surface area contributed by atoms with Crippen LogP contribution in [-0.4, -0.2) is 53.4 Å². The Bertz CT molecular complexity index is 1270. The summed E-state index contributed by atoms with van der Waals surface area (Å²) >= 11 is 0. The number of ether oxygens (including phenoxy) is 1. The third-order valence-electron chi connectivity index (χ3n) is 9.19. The molecular weight excluding hydrogens is 641 g/mol. The number of amides is 1. The second-order valence-corrected chi connectivity index (χ2v) is 15.6. The van der Waals surface area contributed by atoms with Gasteiger partial charge in [0.05, 0.1) is 11.6 Å². The van der Waals surface area contributed by atoms with Crippen molar-refractivity contribution in [2.24, 2.45) is 16.3 Å². The van der Waals surface area contributed by atoms with Crippen LogP contribution in [0, 0.1) is 22.7 Å². The molecule has 0 saturated carbocycles. The Morgan fingerprint density at radius 2 is 1.48 bits per heavy atom. The fourth-order valence-electron chi connectivity index (χ4n) is 5.63. The van der Waals surface area contributed by atoms with Crippen LogP contribution in [-0.2, 0) is 4.74 Å². The fourth-order valence-corrected chi connectivity index (χ4v) is 5.63. The lowest BCUT2D eigenvalue weighted by Crippen LogP contribution is -2.49. The summed E-state index contributed by atoms with van der Waals surface area (Å²) in [5.74, 6) is 0.461. The lowest BCUT2D eigenvalue weighted by Gasteiger charge is -2.38. The van der Waals surface area contributed by atoms with Crippen molar-refractivity contribution in [2.45, 2.75) is 168 Å². The molecule has 6 heteroatoms. The molecule has 1 aliphatic heterocycles. The standard InChI is InChI=1S/C25H43N3O2.C13H19N.C8H18/c1-10-13-14-26-20(5)23(22(12-3)19(4)11-2)21(6)27-15-17-28(18-16-27)24(29)30-25(7,8)9;1-4-6-7-9-13(11-14)10-12(3)8-5-2;1-5-7-8(3,4)6-2/h12-14,19H,10-11,15-18H2,1-9H3;6-7,9-10H,4-5,8H2,1-3H3;5-7H2,1-4H3/b14-13+,22-12-,23-21-,26-20+;7-6+,12-10+,13-9+;. The molecular formula is C46H80N4O2. The minimum absolute atomic E-state index is 0.222. The van der Waals surface area contributed by atoms with E-state index in [9.17, 15) is 4.79 Å². The van der Waals surface area contributed by atoms with E-state index in [1.54, 1.807) is 0 Å². The zero-order valence-corrected chi connectivity index (χ0v) is 36.7. The van der Waals surface area contributed by atoms with Gasteiger partial charge in [0.15, 0.2) is 0 Å². The highest BCUT2D eigenvalue weighted by atomic mass is 16.6. The van der Waals surface area contributed by atoms with Gasteiger partial charge in [0.2, 0.25) is 0 Å². The van der Waals surface area contributed by atoms with E-state index in [4.69, 9.17) is 15.0 Å². The first-order chi connectivity index (χ1) is 24.4. The van der Waals surface area contributed by atoms with E-state index in [-0.39, 0.29) is 6.09 Å². The summed E-state index contributed by atoms with van der Waals surface area (Å²) in [6.07, 6.45) is 23.1. The Labute approximate surface area is 322 Å². The minimum atomic E-state index is -0.464. The number of carbonyl (C=O) groups is 1. The van der Waals surface area contributed by atoms with E-state index in [0.29, 0.717) is 24.4 Å². The van der Waals surface area contributed by atoms with Crippen molar-refractivity contribution >= 4 is 11.8 Å². The van der Waals surface area contributed by atoms with Crippen LogP contribution in [0.5, 0.6) is 0 Å². The normalized spacial score (nSPS) is 16.1. The van der Waals surface area contributed by atoms with Gasteiger partial charge in [-0.2, -0.15) is 5.26 Å². The van der Waals surface area contributed by atoms with Crippen molar-refractivity contribution in [3.8, 4) is 6.07 Å². The average Bonchev–Trinajstić information content (AvgIpc) is 3.09. The molecule has 0 N–H and O–H groups in total. The molecule has 0 aromatic rings. The monoisotopic (exact) mass is 721 g/mol. The topological polar surface area (TPSA) is 68.9 Å². The largest absolute Gasteiger partial charge is 0.444 e. The fraction of sp³-hybridized carbons (Fsp3) is 0.674. The van der Waals surface area contributed by atoms with Gasteiger partial charge in [-0.25, -0.2) is 4.79 Å². The Morgan fingerprint density at radius 1 is 0.904 bits per heavy atom. The zero-order chi connectivity index (χ0) is 40.3. The number of aliphatic imine (C=N–C) groups is 1. The summed E-state index contributed by atoms with van der Waals surface area (Å²) in [4.78, 5) is 21.3. The van der Waals surface area contributed by atoms with Gasteiger partial charge >= 0.3 is 6.09 Å². The molecule has 0 radical (unpaired) electrons. The van der Waals surface area contributed by atoms with Crippen molar-refractivity contribution in [3.63, 3.8) is 0 Å². The predicted molar refractivity (Wildman–Crippen MR) is 229 cm³/mol. The third kappa shape index (κ3) is 22.6. The SMILES string of the molecule is CC/C=C/C=C(C#N)\C=C(/C)CCC.CCCC(C)(C)CC.C\C=C(C(/C(C)=N/C=C/CC)=C(/C)N1CCN(C(=O)OC(C)(C)C)CC1)\C(C)CC. The van der Waals surface area contributed by atoms with Crippen LogP contribution in [0.3, 0.4) is 0 Å². The second kappa shape index (κ2) is 28.2. The Balaban J connectivity index is 0. The molecule has 296 valence electrons. The zero-order valence-electron chi connectivity index (χ0n) is 36.7. The van der Waals surface area contributed by atoms with Crippen molar-refractivity contribution in [1.82, 2.24) is 9.80 Å². The Morgan fingerprint density at radius 3 is 1.90 bits per heavy atom. The Kier molecular flexibility index (Phi) is 27.5. The van der Waals surface area contributed by atoms with Gasteiger partial charge < -0.3 is 14.5 Å². The van der Waals surface area contributed by atoms with Crippen LogP contribution >= 0.6 is 0 Å². The first kappa shape index (κ1) is 50.8. The molecule has 1 aliphatic rings. The molecule has 1 fully saturated rings. The van der Waals surface area contributed by atoms with Crippen LogP contribution in [0.4, 0.5) is 4.79 Å². The summed E-state index contributed by atoms with van der Waals surface area (Å²) < 4.78 is 5.54. The van der Waals surface area contributed by atoms with Crippen molar-refractivity contribution in [3.05, 3.63) is 70.6 Å². The molecule has 0 aliphatic carbocycles. The lowest BCUT2D eigenvalue weighted by molar-refractivity contribution is 0.0168. The van der Waals surface area contributed by atoms with Crippen LogP contribution in [0.1, 0.15) is 162 Å². The van der Waals surface area contributed by atoms with Crippen LogP contribution in [0.15, 0.2) is 75.6 Å². The summed E-state index contributed by atoms with van der Waals surface area (Å²) in [5, 5.41) is 8.85. The lowest BCUT2D eigenvalue weighted by atomic mass is 9.86. The highest BCUT2D eigenvalue weighted by Gasteiger charge is 2.27. The van der Waals surface area contributed by atoms with Gasteiger partial charge in [-0.05, 0) is 110 Å². The molecule has 0 spiro atoms. The van der Waals surface area contributed by atoms with E-state index >= 15 is 0 Å². The number of hydrogen-bond acceptors (Lipinski definition) is 5. The molecule has 6 nitrogen and oxygen atoms in total. The maximum atomic E-state index is 12.4. The average molecular weight is 721 g/mol. The van der Waals surface area contributed by atoms with Crippen LogP contribution < -0.4 is 0 Å². The predicted octanol–water partition coefficient (Wildman–Crippen LogP) is 13.6. The summed E-state index contributed by atoms with van der Waals surface area (Å²) in [6, 6.07) is 2.18. The van der Waals surface area contributed by atoms with Gasteiger partial charge in [0, 0.05) is 49.4 Å². The number of nitriles is 1. The molecule has 1 heterocycles. The van der Waals surface area contributed by atoms with Gasteiger partial charge in [0.25, 0.3) is 0 Å². The molecule has 1 atom stereocenters.